The van der Waals surface area contributed by atoms with Crippen molar-refractivity contribution in [3.63, 3.8) is 0 Å². The molecule has 5 rings (SSSR count). The Kier molecular flexibility index (Phi) is 3.54. The van der Waals surface area contributed by atoms with E-state index in [0.717, 1.165) is 25.3 Å². The molecule has 136 valence electrons. The molecule has 1 aliphatic rings. The molecule has 0 amide bonds. The van der Waals surface area contributed by atoms with Gasteiger partial charge in [0.15, 0.2) is 0 Å². The second-order valence-corrected chi connectivity index (χ2v) is 6.63. The Morgan fingerprint density at radius 2 is 1.96 bits per heavy atom. The minimum absolute atomic E-state index is 0.110. The summed E-state index contributed by atoms with van der Waals surface area (Å²) in [6, 6.07) is 7.41. The predicted octanol–water partition coefficient (Wildman–Crippen LogP) is 1.22. The number of anilines is 1. The summed E-state index contributed by atoms with van der Waals surface area (Å²) in [4.78, 5) is 12.8. The molecule has 0 spiro atoms. The minimum Gasteiger partial charge on any atom is -0.507 e. The number of hydrogen-bond donors (Lipinski definition) is 2. The largest absolute Gasteiger partial charge is 0.507 e. The third kappa shape index (κ3) is 2.77. The Morgan fingerprint density at radius 1 is 1.11 bits per heavy atom. The number of fused-ring (bicyclic) bond motifs is 1. The number of nitrogens with zero attached hydrogens (tertiary/aromatic N) is 7. The number of phenols is 1. The third-order valence-electron chi connectivity index (χ3n) is 4.77. The van der Waals surface area contributed by atoms with Crippen molar-refractivity contribution >= 4 is 11.6 Å². The van der Waals surface area contributed by atoms with Crippen LogP contribution in [0.5, 0.6) is 5.75 Å². The molecule has 1 atom stereocenters. The van der Waals surface area contributed by atoms with Crippen LogP contribution in [0.2, 0.25) is 0 Å². The van der Waals surface area contributed by atoms with Crippen molar-refractivity contribution in [1.82, 2.24) is 29.4 Å². The topological polar surface area (TPSA) is 110 Å². The van der Waals surface area contributed by atoms with Gasteiger partial charge in [0.1, 0.15) is 11.6 Å². The van der Waals surface area contributed by atoms with Crippen molar-refractivity contribution in [2.45, 2.75) is 12.5 Å². The fourth-order valence-corrected chi connectivity index (χ4v) is 3.37. The lowest BCUT2D eigenvalue weighted by Crippen LogP contribution is -2.26. The Bertz CT molecular complexity index is 1100. The predicted molar refractivity (Wildman–Crippen MR) is 99.8 cm³/mol. The first-order valence-electron chi connectivity index (χ1n) is 8.74. The summed E-state index contributed by atoms with van der Waals surface area (Å²) in [6.07, 6.45) is 7.92. The first-order valence-corrected chi connectivity index (χ1v) is 8.74. The van der Waals surface area contributed by atoms with Crippen molar-refractivity contribution in [2.75, 3.05) is 18.0 Å². The molecule has 4 heterocycles. The summed E-state index contributed by atoms with van der Waals surface area (Å²) in [6.45, 7) is 1.71. The standard InChI is InChI=1S/C18H18N8O/c19-12-3-7-24(10-12)17-4-8-25-11-15(22-18(25)23-17)14-2-1-13(9-16(14)27)26-20-5-6-21-26/h1-2,4-6,8-9,11-12,27H,3,7,10,19H2/t12-/m1/s1. The molecule has 0 aliphatic carbocycles. The fourth-order valence-electron chi connectivity index (χ4n) is 3.37. The normalized spacial score (nSPS) is 17.1. The summed E-state index contributed by atoms with van der Waals surface area (Å²) >= 11 is 0. The molecule has 0 radical (unpaired) electrons. The fraction of sp³-hybridized carbons (Fsp3) is 0.222. The smallest absolute Gasteiger partial charge is 0.236 e. The monoisotopic (exact) mass is 362 g/mol. The number of rotatable bonds is 3. The van der Waals surface area contributed by atoms with Gasteiger partial charge in [-0.05, 0) is 24.6 Å². The molecule has 1 fully saturated rings. The van der Waals surface area contributed by atoms with Crippen molar-refractivity contribution in [1.29, 1.82) is 0 Å². The molecule has 1 aromatic carbocycles. The minimum atomic E-state index is 0.110. The maximum absolute atomic E-state index is 10.5. The number of phenolic OH excluding ortho intramolecular Hbond substituents is 1. The van der Waals surface area contributed by atoms with Gasteiger partial charge < -0.3 is 15.7 Å². The van der Waals surface area contributed by atoms with Gasteiger partial charge in [0.25, 0.3) is 0 Å². The Labute approximate surface area is 154 Å². The third-order valence-corrected chi connectivity index (χ3v) is 4.77. The second kappa shape index (κ2) is 6.06. The quantitative estimate of drug-likeness (QED) is 0.564. The van der Waals surface area contributed by atoms with Gasteiger partial charge >= 0.3 is 0 Å². The van der Waals surface area contributed by atoms with Crippen LogP contribution < -0.4 is 10.6 Å². The lowest BCUT2D eigenvalue weighted by atomic mass is 10.1. The maximum Gasteiger partial charge on any atom is 0.236 e. The van der Waals surface area contributed by atoms with Crippen LogP contribution in [-0.2, 0) is 0 Å². The van der Waals surface area contributed by atoms with Gasteiger partial charge in [0, 0.05) is 43.2 Å². The number of benzene rings is 1. The van der Waals surface area contributed by atoms with Gasteiger partial charge in [-0.3, -0.25) is 4.40 Å². The van der Waals surface area contributed by atoms with Crippen LogP contribution in [0.1, 0.15) is 6.42 Å². The van der Waals surface area contributed by atoms with E-state index in [1.165, 1.54) is 4.80 Å². The molecular formula is C18H18N8O. The lowest BCUT2D eigenvalue weighted by molar-refractivity contribution is 0.476. The molecule has 27 heavy (non-hydrogen) atoms. The van der Waals surface area contributed by atoms with Gasteiger partial charge in [-0.15, -0.1) is 0 Å². The summed E-state index contributed by atoms with van der Waals surface area (Å²) in [7, 11) is 0. The molecular weight excluding hydrogens is 344 g/mol. The first-order chi connectivity index (χ1) is 13.2. The van der Waals surface area contributed by atoms with Gasteiger partial charge in [0.05, 0.1) is 23.8 Å². The molecule has 9 nitrogen and oxygen atoms in total. The van der Waals surface area contributed by atoms with E-state index in [9.17, 15) is 5.11 Å². The average Bonchev–Trinajstić information content (AvgIpc) is 3.41. The number of nitrogens with two attached hydrogens (primary N) is 1. The van der Waals surface area contributed by atoms with Crippen LogP contribution in [-0.4, -0.2) is 53.6 Å². The number of aromatic nitrogens is 6. The number of imidazole rings is 1. The van der Waals surface area contributed by atoms with Crippen LogP contribution in [0.25, 0.3) is 22.7 Å². The molecule has 0 saturated carbocycles. The molecule has 9 heteroatoms. The molecule has 3 aromatic heterocycles. The van der Waals surface area contributed by atoms with E-state index in [1.54, 1.807) is 24.5 Å². The van der Waals surface area contributed by atoms with E-state index in [-0.39, 0.29) is 11.8 Å². The highest BCUT2D eigenvalue weighted by Gasteiger charge is 2.21. The van der Waals surface area contributed by atoms with Crippen molar-refractivity contribution in [3.8, 4) is 22.7 Å². The molecule has 3 N–H and O–H groups in total. The zero-order valence-corrected chi connectivity index (χ0v) is 14.5. The summed E-state index contributed by atoms with van der Waals surface area (Å²) in [5.74, 6) is 1.57. The highest BCUT2D eigenvalue weighted by atomic mass is 16.3. The van der Waals surface area contributed by atoms with Crippen molar-refractivity contribution in [3.05, 3.63) is 49.1 Å². The Balaban J connectivity index is 1.50. The SMILES string of the molecule is N[C@@H]1CCN(c2ccn3cc(-c4ccc(-n5nccn5)cc4O)nc3n2)C1. The molecule has 0 bridgehead atoms. The lowest BCUT2D eigenvalue weighted by Gasteiger charge is -2.16. The van der Waals surface area contributed by atoms with Crippen molar-refractivity contribution < 1.29 is 5.11 Å². The van der Waals surface area contributed by atoms with Crippen LogP contribution in [0.4, 0.5) is 5.82 Å². The Hall–Kier alpha value is -3.46. The zero-order chi connectivity index (χ0) is 18.4. The highest BCUT2D eigenvalue weighted by molar-refractivity contribution is 5.70. The molecule has 0 unspecified atom stereocenters. The molecule has 1 saturated heterocycles. The molecule has 4 aromatic rings. The molecule has 1 aliphatic heterocycles. The van der Waals surface area contributed by atoms with E-state index in [2.05, 4.69) is 25.1 Å². The van der Waals surface area contributed by atoms with E-state index in [4.69, 9.17) is 5.73 Å². The van der Waals surface area contributed by atoms with E-state index < -0.39 is 0 Å². The first kappa shape index (κ1) is 15.8. The van der Waals surface area contributed by atoms with E-state index in [0.29, 0.717) is 22.7 Å². The van der Waals surface area contributed by atoms with Crippen molar-refractivity contribution in [2.24, 2.45) is 5.73 Å². The van der Waals surface area contributed by atoms with Gasteiger partial charge in [-0.1, -0.05) is 0 Å². The van der Waals surface area contributed by atoms with Gasteiger partial charge in [-0.2, -0.15) is 20.0 Å². The number of aromatic hydroxyl groups is 1. The van der Waals surface area contributed by atoms with Crippen LogP contribution in [0, 0.1) is 0 Å². The maximum atomic E-state index is 10.5. The van der Waals surface area contributed by atoms with Crippen LogP contribution >= 0.6 is 0 Å². The Morgan fingerprint density at radius 3 is 2.70 bits per heavy atom. The summed E-state index contributed by atoms with van der Waals surface area (Å²) in [5.41, 5.74) is 7.94. The highest BCUT2D eigenvalue weighted by Crippen LogP contribution is 2.30. The van der Waals surface area contributed by atoms with Gasteiger partial charge in [-0.25, -0.2) is 4.98 Å². The number of hydrogen-bond acceptors (Lipinski definition) is 7. The van der Waals surface area contributed by atoms with Crippen LogP contribution in [0.15, 0.2) is 49.1 Å². The second-order valence-electron chi connectivity index (χ2n) is 6.63. The van der Waals surface area contributed by atoms with Crippen LogP contribution in [0.3, 0.4) is 0 Å². The zero-order valence-electron chi connectivity index (χ0n) is 14.5. The summed E-state index contributed by atoms with van der Waals surface area (Å²) in [5, 5.41) is 18.6. The van der Waals surface area contributed by atoms with Gasteiger partial charge in [0.2, 0.25) is 5.78 Å². The van der Waals surface area contributed by atoms with E-state index >= 15 is 0 Å². The average molecular weight is 362 g/mol. The summed E-state index contributed by atoms with van der Waals surface area (Å²) < 4.78 is 1.84. The van der Waals surface area contributed by atoms with E-state index in [1.807, 2.05) is 28.9 Å².